The summed E-state index contributed by atoms with van der Waals surface area (Å²) in [5.41, 5.74) is 0.876. The number of thioether (sulfide) groups is 1. The van der Waals surface area contributed by atoms with Crippen LogP contribution < -0.4 is 0 Å². The van der Waals surface area contributed by atoms with Crippen LogP contribution in [0.2, 0.25) is 0 Å². The molecule has 0 amide bonds. The fourth-order valence-electron chi connectivity index (χ4n) is 2.92. The molecule has 2 heterocycles. The second kappa shape index (κ2) is 8.26. The lowest BCUT2D eigenvalue weighted by Gasteiger charge is -2.24. The summed E-state index contributed by atoms with van der Waals surface area (Å²) in [6.07, 6.45) is 9.95. The first kappa shape index (κ1) is 17.6. The smallest absolute Gasteiger partial charge is 0.269 e. The number of nitro benzene ring substituents is 1. The van der Waals surface area contributed by atoms with Gasteiger partial charge < -0.3 is 0 Å². The van der Waals surface area contributed by atoms with Crippen LogP contribution in [0.15, 0.2) is 35.5 Å². The minimum atomic E-state index is -0.402. The van der Waals surface area contributed by atoms with E-state index in [2.05, 4.69) is 21.2 Å². The van der Waals surface area contributed by atoms with E-state index >= 15 is 0 Å². The van der Waals surface area contributed by atoms with Gasteiger partial charge in [0.1, 0.15) is 0 Å². The zero-order valence-corrected chi connectivity index (χ0v) is 15.0. The number of nitrogens with zero attached hydrogens (tertiary/aromatic N) is 5. The van der Waals surface area contributed by atoms with Crippen molar-refractivity contribution in [2.45, 2.75) is 24.4 Å². The van der Waals surface area contributed by atoms with E-state index in [0.29, 0.717) is 5.82 Å². The lowest BCUT2D eigenvalue weighted by molar-refractivity contribution is -0.384. The van der Waals surface area contributed by atoms with Gasteiger partial charge >= 0.3 is 0 Å². The van der Waals surface area contributed by atoms with Gasteiger partial charge in [-0.3, -0.25) is 19.6 Å². The maximum atomic E-state index is 10.8. The molecule has 1 aliphatic heterocycles. The quantitative estimate of drug-likeness (QED) is 0.446. The second-order valence-corrected chi connectivity index (χ2v) is 6.70. The van der Waals surface area contributed by atoms with Crippen molar-refractivity contribution in [3.05, 3.63) is 40.5 Å². The number of piperidine rings is 1. The normalized spacial score (nSPS) is 15.7. The summed E-state index contributed by atoms with van der Waals surface area (Å²) in [6.45, 7) is 3.21. The first-order valence-electron chi connectivity index (χ1n) is 8.32. The second-order valence-electron chi connectivity index (χ2n) is 5.93. The Morgan fingerprint density at radius 1 is 1.20 bits per heavy atom. The molecule has 1 aliphatic rings. The highest BCUT2D eigenvalue weighted by molar-refractivity contribution is 7.98. The highest BCUT2D eigenvalue weighted by Gasteiger charge is 2.13. The summed E-state index contributed by atoms with van der Waals surface area (Å²) >= 11 is 1.52. The molecule has 0 saturated carbocycles. The summed E-state index contributed by atoms with van der Waals surface area (Å²) in [5.74, 6) is 0.689. The molecule has 8 heteroatoms. The van der Waals surface area contributed by atoms with Crippen molar-refractivity contribution in [2.24, 2.45) is 0 Å². The van der Waals surface area contributed by atoms with E-state index in [9.17, 15) is 10.1 Å². The molecule has 0 N–H and O–H groups in total. The third-order valence-corrected chi connectivity index (χ3v) is 4.89. The van der Waals surface area contributed by atoms with Crippen LogP contribution in [0, 0.1) is 10.1 Å². The molecule has 132 valence electrons. The molecule has 1 fully saturated rings. The number of nitro groups is 1. The van der Waals surface area contributed by atoms with Crippen molar-refractivity contribution in [1.82, 2.24) is 19.7 Å². The Balaban J connectivity index is 1.80. The van der Waals surface area contributed by atoms with E-state index in [1.165, 1.54) is 43.2 Å². The summed E-state index contributed by atoms with van der Waals surface area (Å²) in [7, 11) is 0. The maximum absolute atomic E-state index is 10.8. The highest BCUT2D eigenvalue weighted by Crippen LogP contribution is 2.25. The molecule has 0 spiro atoms. The first-order chi connectivity index (χ1) is 12.2. The van der Waals surface area contributed by atoms with E-state index in [0.717, 1.165) is 30.4 Å². The zero-order chi connectivity index (χ0) is 17.6. The number of non-ortho nitro benzene ring substituents is 1. The van der Waals surface area contributed by atoms with E-state index < -0.39 is 4.92 Å². The monoisotopic (exact) mass is 359 g/mol. The molecule has 1 aromatic heterocycles. The average molecular weight is 359 g/mol. The Kier molecular flexibility index (Phi) is 5.83. The lowest BCUT2D eigenvalue weighted by atomic mass is 10.1. The number of hydrogen-bond acceptors (Lipinski definition) is 6. The van der Waals surface area contributed by atoms with Gasteiger partial charge in [-0.25, -0.2) is 0 Å². The van der Waals surface area contributed by atoms with Crippen molar-refractivity contribution in [3.8, 4) is 11.4 Å². The van der Waals surface area contributed by atoms with Crippen LogP contribution in [-0.4, -0.2) is 50.5 Å². The lowest BCUT2D eigenvalue weighted by Crippen LogP contribution is -2.29. The third-order valence-electron chi connectivity index (χ3n) is 4.25. The summed E-state index contributed by atoms with van der Waals surface area (Å²) < 4.78 is 1.94. The molecule has 0 aliphatic carbocycles. The minimum Gasteiger partial charge on any atom is -0.300 e. The van der Waals surface area contributed by atoms with Gasteiger partial charge in [0.05, 0.1) is 4.92 Å². The van der Waals surface area contributed by atoms with Gasteiger partial charge in [0.2, 0.25) is 0 Å². The number of benzene rings is 1. The van der Waals surface area contributed by atoms with Gasteiger partial charge in [0, 0.05) is 30.4 Å². The van der Waals surface area contributed by atoms with Crippen molar-refractivity contribution >= 4 is 23.6 Å². The fourth-order valence-corrected chi connectivity index (χ4v) is 3.39. The minimum absolute atomic E-state index is 0.0699. The van der Waals surface area contributed by atoms with Gasteiger partial charge in [-0.15, -0.1) is 10.2 Å². The van der Waals surface area contributed by atoms with E-state index in [4.69, 9.17) is 0 Å². The molecule has 2 aromatic rings. The number of likely N-dealkylation sites (tertiary alicyclic amines) is 1. The van der Waals surface area contributed by atoms with E-state index in [-0.39, 0.29) is 5.69 Å². The molecule has 0 radical (unpaired) electrons. The average Bonchev–Trinajstić information content (AvgIpc) is 3.05. The Bertz CT molecular complexity index is 751. The summed E-state index contributed by atoms with van der Waals surface area (Å²) in [4.78, 5) is 12.8. The van der Waals surface area contributed by atoms with Crippen LogP contribution in [0.1, 0.15) is 19.3 Å². The van der Waals surface area contributed by atoms with Crippen molar-refractivity contribution in [2.75, 3.05) is 25.9 Å². The first-order valence-corrected chi connectivity index (χ1v) is 9.54. The van der Waals surface area contributed by atoms with Crippen molar-refractivity contribution < 1.29 is 4.92 Å². The van der Waals surface area contributed by atoms with Crippen LogP contribution >= 0.6 is 11.8 Å². The molecule has 3 rings (SSSR count). The molecular weight excluding hydrogens is 338 g/mol. The number of rotatable bonds is 6. The largest absolute Gasteiger partial charge is 0.300 e. The Morgan fingerprint density at radius 2 is 1.92 bits per heavy atom. The summed E-state index contributed by atoms with van der Waals surface area (Å²) in [5, 5.41) is 20.1. The molecule has 25 heavy (non-hydrogen) atoms. The van der Waals surface area contributed by atoms with Gasteiger partial charge in [0.25, 0.3) is 5.69 Å². The summed E-state index contributed by atoms with van der Waals surface area (Å²) in [6, 6.07) is 6.40. The predicted molar refractivity (Wildman–Crippen MR) is 99.5 cm³/mol. The molecule has 1 aromatic carbocycles. The van der Waals surface area contributed by atoms with Crippen LogP contribution in [0.4, 0.5) is 5.69 Å². The van der Waals surface area contributed by atoms with Gasteiger partial charge in [-0.2, -0.15) is 0 Å². The van der Waals surface area contributed by atoms with Gasteiger partial charge in [-0.1, -0.05) is 24.3 Å². The topological polar surface area (TPSA) is 77.1 Å². The van der Waals surface area contributed by atoms with E-state index in [1.807, 2.05) is 17.0 Å². The Morgan fingerprint density at radius 3 is 2.56 bits per heavy atom. The van der Waals surface area contributed by atoms with Gasteiger partial charge in [-0.05, 0) is 44.3 Å². The fraction of sp³-hybridized carbons (Fsp3) is 0.412. The van der Waals surface area contributed by atoms with Crippen LogP contribution in [-0.2, 0) is 0 Å². The standard InChI is InChI=1S/C17H21N5O2S/c1-25-17-19-18-16(14-6-8-15(9-7-14)22(23)24)21(17)13-5-12-20-10-3-2-4-11-20/h5-9,13H,2-4,10-12H2,1H3/b13-5+. The third kappa shape index (κ3) is 4.26. The zero-order valence-electron chi connectivity index (χ0n) is 14.2. The maximum Gasteiger partial charge on any atom is 0.269 e. The van der Waals surface area contributed by atoms with Crippen molar-refractivity contribution in [1.29, 1.82) is 0 Å². The van der Waals surface area contributed by atoms with E-state index in [1.54, 1.807) is 12.1 Å². The number of aromatic nitrogens is 3. The number of hydrogen-bond donors (Lipinski definition) is 0. The predicted octanol–water partition coefficient (Wildman–Crippen LogP) is 3.53. The van der Waals surface area contributed by atoms with Crippen LogP contribution in [0.3, 0.4) is 0 Å². The molecule has 7 nitrogen and oxygen atoms in total. The van der Waals surface area contributed by atoms with Crippen LogP contribution in [0.5, 0.6) is 0 Å². The van der Waals surface area contributed by atoms with Gasteiger partial charge in [0.15, 0.2) is 11.0 Å². The van der Waals surface area contributed by atoms with Crippen LogP contribution in [0.25, 0.3) is 17.6 Å². The molecule has 0 bridgehead atoms. The Labute approximate surface area is 150 Å². The SMILES string of the molecule is CSc1nnc(-c2ccc([N+](=O)[O-])cc2)n1/C=C/CN1CCCCC1. The highest BCUT2D eigenvalue weighted by atomic mass is 32.2. The molecule has 0 unspecified atom stereocenters. The molecular formula is C17H21N5O2S. The molecule has 0 atom stereocenters. The molecule has 1 saturated heterocycles. The van der Waals surface area contributed by atoms with Crippen molar-refractivity contribution in [3.63, 3.8) is 0 Å². The Hall–Kier alpha value is -2.19.